The van der Waals surface area contributed by atoms with E-state index in [9.17, 15) is 0 Å². The highest BCUT2D eigenvalue weighted by Gasteiger charge is 2.15. The van der Waals surface area contributed by atoms with E-state index in [-0.39, 0.29) is 6.10 Å². The van der Waals surface area contributed by atoms with E-state index in [4.69, 9.17) is 9.47 Å². The number of hydrogen-bond donors (Lipinski definition) is 0. The third-order valence-corrected chi connectivity index (χ3v) is 3.01. The van der Waals surface area contributed by atoms with Crippen molar-refractivity contribution in [3.05, 3.63) is 30.3 Å². The van der Waals surface area contributed by atoms with Gasteiger partial charge in [-0.05, 0) is 12.1 Å². The molecule has 1 unspecified atom stereocenters. The Labute approximate surface area is 82.2 Å². The van der Waals surface area contributed by atoms with E-state index in [0.717, 1.165) is 12.4 Å². The first-order valence-electron chi connectivity index (χ1n) is 4.32. The maximum absolute atomic E-state index is 5.33. The van der Waals surface area contributed by atoms with Crippen molar-refractivity contribution in [1.82, 2.24) is 0 Å². The van der Waals surface area contributed by atoms with E-state index in [1.165, 1.54) is 4.90 Å². The molecule has 1 aliphatic rings. The highest BCUT2D eigenvalue weighted by Crippen LogP contribution is 2.20. The molecule has 0 radical (unpaired) electrons. The van der Waals surface area contributed by atoms with Crippen molar-refractivity contribution in [2.75, 3.05) is 19.2 Å². The van der Waals surface area contributed by atoms with Crippen molar-refractivity contribution in [3.63, 3.8) is 0 Å². The molecule has 3 heteroatoms. The quantitative estimate of drug-likeness (QED) is 0.690. The number of ether oxygens (including phenoxy) is 2. The van der Waals surface area contributed by atoms with Crippen LogP contribution in [0, 0.1) is 0 Å². The van der Waals surface area contributed by atoms with E-state index in [2.05, 4.69) is 12.1 Å². The van der Waals surface area contributed by atoms with Crippen molar-refractivity contribution < 1.29 is 9.47 Å². The maximum atomic E-state index is 5.33. The van der Waals surface area contributed by atoms with Gasteiger partial charge in [0.15, 0.2) is 0 Å². The topological polar surface area (TPSA) is 18.5 Å². The standard InChI is InChI=1S/C10H12O2S/c1-2-4-10(5-3-1)13-7-9-6-11-8-12-9/h1-5,9H,6-8H2. The van der Waals surface area contributed by atoms with Crippen LogP contribution in [0.3, 0.4) is 0 Å². The van der Waals surface area contributed by atoms with Crippen LogP contribution in [0.1, 0.15) is 0 Å². The summed E-state index contributed by atoms with van der Waals surface area (Å²) in [5.41, 5.74) is 0. The average Bonchev–Trinajstić information content (AvgIpc) is 2.69. The first-order chi connectivity index (χ1) is 6.45. The second-order valence-electron chi connectivity index (χ2n) is 2.90. The second-order valence-corrected chi connectivity index (χ2v) is 3.99. The zero-order valence-corrected chi connectivity index (χ0v) is 8.13. The summed E-state index contributed by atoms with van der Waals surface area (Å²) in [6.45, 7) is 1.19. The van der Waals surface area contributed by atoms with Crippen LogP contribution < -0.4 is 0 Å². The maximum Gasteiger partial charge on any atom is 0.147 e. The Morgan fingerprint density at radius 1 is 1.31 bits per heavy atom. The molecule has 0 amide bonds. The molecule has 0 spiro atoms. The Bertz CT molecular complexity index is 244. The van der Waals surface area contributed by atoms with E-state index in [0.29, 0.717) is 6.79 Å². The van der Waals surface area contributed by atoms with Gasteiger partial charge >= 0.3 is 0 Å². The number of thioether (sulfide) groups is 1. The Kier molecular flexibility index (Phi) is 3.24. The molecule has 1 aromatic carbocycles. The van der Waals surface area contributed by atoms with Gasteiger partial charge < -0.3 is 9.47 Å². The zero-order valence-electron chi connectivity index (χ0n) is 7.31. The van der Waals surface area contributed by atoms with Crippen LogP contribution in [0.15, 0.2) is 35.2 Å². The number of benzene rings is 1. The molecule has 1 aromatic rings. The highest BCUT2D eigenvalue weighted by atomic mass is 32.2. The molecule has 1 heterocycles. The molecule has 0 N–H and O–H groups in total. The first kappa shape index (κ1) is 9.06. The molecule has 1 saturated heterocycles. The summed E-state index contributed by atoms with van der Waals surface area (Å²) >= 11 is 1.81. The van der Waals surface area contributed by atoms with Crippen molar-refractivity contribution >= 4 is 11.8 Å². The fourth-order valence-corrected chi connectivity index (χ4v) is 2.09. The van der Waals surface area contributed by atoms with Gasteiger partial charge in [0.05, 0.1) is 12.7 Å². The van der Waals surface area contributed by atoms with Gasteiger partial charge in [0, 0.05) is 10.6 Å². The fourth-order valence-electron chi connectivity index (χ4n) is 1.17. The Balaban J connectivity index is 1.79. The number of hydrogen-bond acceptors (Lipinski definition) is 3. The van der Waals surface area contributed by atoms with Crippen molar-refractivity contribution in [2.24, 2.45) is 0 Å². The highest BCUT2D eigenvalue weighted by molar-refractivity contribution is 7.99. The third-order valence-electron chi connectivity index (χ3n) is 1.87. The van der Waals surface area contributed by atoms with Gasteiger partial charge in [0.25, 0.3) is 0 Å². The third kappa shape index (κ3) is 2.72. The lowest BCUT2D eigenvalue weighted by Gasteiger charge is -2.05. The van der Waals surface area contributed by atoms with E-state index in [1.54, 1.807) is 0 Å². The predicted octanol–water partition coefficient (Wildman–Crippen LogP) is 2.15. The van der Waals surface area contributed by atoms with E-state index < -0.39 is 0 Å². The predicted molar refractivity (Wildman–Crippen MR) is 52.9 cm³/mol. The lowest BCUT2D eigenvalue weighted by atomic mass is 10.4. The van der Waals surface area contributed by atoms with Crippen LogP contribution in [0.2, 0.25) is 0 Å². The molecule has 1 atom stereocenters. The van der Waals surface area contributed by atoms with Gasteiger partial charge in [-0.2, -0.15) is 0 Å². The minimum Gasteiger partial charge on any atom is -0.353 e. The van der Waals surface area contributed by atoms with Crippen LogP contribution in [0.25, 0.3) is 0 Å². The minimum absolute atomic E-state index is 0.269. The van der Waals surface area contributed by atoms with Crippen LogP contribution in [-0.2, 0) is 9.47 Å². The Hall–Kier alpha value is -0.510. The summed E-state index contributed by atoms with van der Waals surface area (Å²) < 4.78 is 10.4. The summed E-state index contributed by atoms with van der Waals surface area (Å²) in [6, 6.07) is 10.4. The molecule has 13 heavy (non-hydrogen) atoms. The number of rotatable bonds is 3. The van der Waals surface area contributed by atoms with Crippen LogP contribution in [-0.4, -0.2) is 25.3 Å². The molecule has 0 aromatic heterocycles. The molecule has 0 bridgehead atoms. The summed E-state index contributed by atoms with van der Waals surface area (Å²) in [4.78, 5) is 1.29. The van der Waals surface area contributed by atoms with Gasteiger partial charge in [0.1, 0.15) is 6.79 Å². The fraction of sp³-hybridized carbons (Fsp3) is 0.400. The Morgan fingerprint density at radius 3 is 2.85 bits per heavy atom. The van der Waals surface area contributed by atoms with Crippen molar-refractivity contribution in [1.29, 1.82) is 0 Å². The van der Waals surface area contributed by atoms with Gasteiger partial charge in [-0.3, -0.25) is 0 Å². The lowest BCUT2D eigenvalue weighted by Crippen LogP contribution is -2.11. The van der Waals surface area contributed by atoms with E-state index in [1.807, 2.05) is 30.0 Å². The molecule has 70 valence electrons. The lowest BCUT2D eigenvalue weighted by molar-refractivity contribution is 0.0525. The molecule has 2 rings (SSSR count). The zero-order chi connectivity index (χ0) is 8.93. The molecular weight excluding hydrogens is 184 g/mol. The van der Waals surface area contributed by atoms with Gasteiger partial charge in [0.2, 0.25) is 0 Å². The van der Waals surface area contributed by atoms with Crippen LogP contribution in [0.4, 0.5) is 0 Å². The normalized spacial score (nSPS) is 22.0. The minimum atomic E-state index is 0.269. The summed E-state index contributed by atoms with van der Waals surface area (Å²) in [7, 11) is 0. The summed E-state index contributed by atoms with van der Waals surface area (Å²) in [5.74, 6) is 0.976. The molecule has 0 aliphatic carbocycles. The van der Waals surface area contributed by atoms with Crippen molar-refractivity contribution in [2.45, 2.75) is 11.0 Å². The molecular formula is C10H12O2S. The molecule has 1 fully saturated rings. The molecule has 1 aliphatic heterocycles. The van der Waals surface area contributed by atoms with Crippen molar-refractivity contribution in [3.8, 4) is 0 Å². The van der Waals surface area contributed by atoms with Crippen LogP contribution >= 0.6 is 11.8 Å². The smallest absolute Gasteiger partial charge is 0.147 e. The summed E-state index contributed by atoms with van der Waals surface area (Å²) in [6.07, 6.45) is 0.269. The van der Waals surface area contributed by atoms with E-state index >= 15 is 0 Å². The summed E-state index contributed by atoms with van der Waals surface area (Å²) in [5, 5.41) is 0. The van der Waals surface area contributed by atoms with Gasteiger partial charge in [-0.25, -0.2) is 0 Å². The first-order valence-corrected chi connectivity index (χ1v) is 5.31. The molecule has 2 nitrogen and oxygen atoms in total. The van der Waals surface area contributed by atoms with Crippen LogP contribution in [0.5, 0.6) is 0 Å². The second kappa shape index (κ2) is 4.65. The monoisotopic (exact) mass is 196 g/mol. The van der Waals surface area contributed by atoms with Gasteiger partial charge in [-0.1, -0.05) is 18.2 Å². The SMILES string of the molecule is c1ccc(SCC2COCO2)cc1. The van der Waals surface area contributed by atoms with Gasteiger partial charge in [-0.15, -0.1) is 11.8 Å². The molecule has 0 saturated carbocycles. The Morgan fingerprint density at radius 2 is 2.15 bits per heavy atom. The largest absolute Gasteiger partial charge is 0.353 e. The average molecular weight is 196 g/mol.